The molecule has 3 heteroatoms. The Morgan fingerprint density at radius 2 is 1.44 bits per heavy atom. The smallest absolute Gasteiger partial charge is 0.308 e. The van der Waals surface area contributed by atoms with E-state index in [1.54, 1.807) is 0 Å². The van der Waals surface area contributed by atoms with Crippen LogP contribution >= 0.6 is 0 Å². The Bertz CT molecular complexity index is 696. The van der Waals surface area contributed by atoms with Gasteiger partial charge in [0.05, 0.1) is 11.0 Å². The van der Waals surface area contributed by atoms with Crippen LogP contribution in [0.4, 0.5) is 0 Å². The molecule has 0 aliphatic rings. The summed E-state index contributed by atoms with van der Waals surface area (Å²) < 4.78 is 5.36. The van der Waals surface area contributed by atoms with Crippen molar-refractivity contribution in [1.29, 1.82) is 0 Å². The lowest BCUT2D eigenvalue weighted by Gasteiger charge is -2.09. The molecule has 0 N–H and O–H groups in total. The normalized spacial score (nSPS) is 10.7. The molecule has 0 unspecified atom stereocenters. The molecule has 0 saturated heterocycles. The van der Waals surface area contributed by atoms with Crippen molar-refractivity contribution in [2.24, 2.45) is 0 Å². The fourth-order valence-electron chi connectivity index (χ4n) is 2.05. The van der Waals surface area contributed by atoms with E-state index in [0.717, 1.165) is 21.8 Å². The SMILES string of the molecule is CC(=O)Oc1c2ccccc2nc2ccccc12. The molecule has 0 bridgehead atoms. The average molecular weight is 237 g/mol. The first-order valence-electron chi connectivity index (χ1n) is 5.71. The molecule has 3 nitrogen and oxygen atoms in total. The lowest BCUT2D eigenvalue weighted by atomic mass is 10.1. The summed E-state index contributed by atoms with van der Waals surface area (Å²) in [7, 11) is 0. The fourth-order valence-corrected chi connectivity index (χ4v) is 2.05. The summed E-state index contributed by atoms with van der Waals surface area (Å²) in [5.41, 5.74) is 1.65. The van der Waals surface area contributed by atoms with Gasteiger partial charge < -0.3 is 4.74 Å². The number of carbonyl (C=O) groups excluding carboxylic acids is 1. The van der Waals surface area contributed by atoms with E-state index in [1.165, 1.54) is 6.92 Å². The lowest BCUT2D eigenvalue weighted by molar-refractivity contribution is -0.131. The summed E-state index contributed by atoms with van der Waals surface area (Å²) in [4.78, 5) is 15.8. The topological polar surface area (TPSA) is 39.2 Å². The van der Waals surface area contributed by atoms with Gasteiger partial charge in [0.15, 0.2) is 0 Å². The van der Waals surface area contributed by atoms with E-state index < -0.39 is 0 Å². The summed E-state index contributed by atoms with van der Waals surface area (Å²) in [6, 6.07) is 15.3. The number of esters is 1. The first-order chi connectivity index (χ1) is 8.75. The van der Waals surface area contributed by atoms with Gasteiger partial charge >= 0.3 is 5.97 Å². The quantitative estimate of drug-likeness (QED) is 0.481. The highest BCUT2D eigenvalue weighted by Gasteiger charge is 2.11. The first-order valence-corrected chi connectivity index (χ1v) is 5.71. The third kappa shape index (κ3) is 1.70. The van der Waals surface area contributed by atoms with Crippen LogP contribution in [0.2, 0.25) is 0 Å². The molecule has 0 atom stereocenters. The molecule has 0 saturated carbocycles. The first kappa shape index (κ1) is 10.7. The predicted octanol–water partition coefficient (Wildman–Crippen LogP) is 3.31. The molecule has 3 rings (SSSR count). The number of aromatic nitrogens is 1. The van der Waals surface area contributed by atoms with Crippen molar-refractivity contribution in [3.63, 3.8) is 0 Å². The number of benzene rings is 2. The molecule has 88 valence electrons. The van der Waals surface area contributed by atoms with Gasteiger partial charge in [-0.15, -0.1) is 0 Å². The predicted molar refractivity (Wildman–Crippen MR) is 70.6 cm³/mol. The van der Waals surface area contributed by atoms with Crippen LogP contribution in [0.25, 0.3) is 21.8 Å². The number of hydrogen-bond acceptors (Lipinski definition) is 3. The molecule has 1 aromatic heterocycles. The van der Waals surface area contributed by atoms with Crippen molar-refractivity contribution in [3.8, 4) is 5.75 Å². The minimum Gasteiger partial charge on any atom is -0.425 e. The van der Waals surface area contributed by atoms with Crippen LogP contribution in [0.15, 0.2) is 48.5 Å². The Morgan fingerprint density at radius 1 is 0.944 bits per heavy atom. The number of ether oxygens (including phenoxy) is 1. The van der Waals surface area contributed by atoms with Gasteiger partial charge in [0, 0.05) is 17.7 Å². The van der Waals surface area contributed by atoms with Crippen LogP contribution in [0, 0.1) is 0 Å². The average Bonchev–Trinajstić information content (AvgIpc) is 2.38. The number of nitrogens with zero attached hydrogens (tertiary/aromatic N) is 1. The van der Waals surface area contributed by atoms with E-state index in [2.05, 4.69) is 4.98 Å². The second-order valence-electron chi connectivity index (χ2n) is 4.07. The zero-order valence-electron chi connectivity index (χ0n) is 9.88. The van der Waals surface area contributed by atoms with E-state index in [-0.39, 0.29) is 5.97 Å². The van der Waals surface area contributed by atoms with Crippen LogP contribution in [-0.2, 0) is 4.79 Å². The van der Waals surface area contributed by atoms with Gasteiger partial charge in [-0.05, 0) is 24.3 Å². The van der Waals surface area contributed by atoms with Gasteiger partial charge in [0.25, 0.3) is 0 Å². The van der Waals surface area contributed by atoms with E-state index in [0.29, 0.717) is 5.75 Å². The van der Waals surface area contributed by atoms with Gasteiger partial charge in [-0.2, -0.15) is 0 Å². The maximum atomic E-state index is 11.3. The molecule has 0 amide bonds. The molecular weight excluding hydrogens is 226 g/mol. The van der Waals surface area contributed by atoms with Crippen molar-refractivity contribution < 1.29 is 9.53 Å². The number of fused-ring (bicyclic) bond motifs is 2. The molecule has 0 fully saturated rings. The van der Waals surface area contributed by atoms with Crippen LogP contribution in [0.3, 0.4) is 0 Å². The highest BCUT2D eigenvalue weighted by Crippen LogP contribution is 2.32. The highest BCUT2D eigenvalue weighted by atomic mass is 16.5. The maximum Gasteiger partial charge on any atom is 0.308 e. The van der Waals surface area contributed by atoms with Crippen molar-refractivity contribution >= 4 is 27.8 Å². The van der Waals surface area contributed by atoms with E-state index in [9.17, 15) is 4.79 Å². The van der Waals surface area contributed by atoms with Gasteiger partial charge in [0.1, 0.15) is 5.75 Å². The third-order valence-corrected chi connectivity index (χ3v) is 2.78. The number of rotatable bonds is 1. The number of hydrogen-bond donors (Lipinski definition) is 0. The van der Waals surface area contributed by atoms with E-state index in [1.807, 2.05) is 48.5 Å². The van der Waals surface area contributed by atoms with Crippen molar-refractivity contribution in [1.82, 2.24) is 4.98 Å². The third-order valence-electron chi connectivity index (χ3n) is 2.78. The monoisotopic (exact) mass is 237 g/mol. The summed E-state index contributed by atoms with van der Waals surface area (Å²) in [6.07, 6.45) is 0. The van der Waals surface area contributed by atoms with Crippen molar-refractivity contribution in [2.75, 3.05) is 0 Å². The Balaban J connectivity index is 2.45. The minimum absolute atomic E-state index is 0.323. The van der Waals surface area contributed by atoms with Crippen LogP contribution in [0.5, 0.6) is 5.75 Å². The van der Waals surface area contributed by atoms with Crippen molar-refractivity contribution in [2.45, 2.75) is 6.92 Å². The Hall–Kier alpha value is -2.42. The number of pyridine rings is 1. The maximum absolute atomic E-state index is 11.3. The van der Waals surface area contributed by atoms with Crippen LogP contribution in [0.1, 0.15) is 6.92 Å². The summed E-state index contributed by atoms with van der Waals surface area (Å²) in [5.74, 6) is 0.264. The van der Waals surface area contributed by atoms with Gasteiger partial charge in [-0.25, -0.2) is 4.98 Å². The van der Waals surface area contributed by atoms with Crippen LogP contribution in [-0.4, -0.2) is 11.0 Å². The molecule has 1 heterocycles. The second-order valence-corrected chi connectivity index (χ2v) is 4.07. The minimum atomic E-state index is -0.323. The largest absolute Gasteiger partial charge is 0.425 e. The lowest BCUT2D eigenvalue weighted by Crippen LogP contribution is -2.03. The molecule has 0 aliphatic heterocycles. The van der Waals surface area contributed by atoms with E-state index >= 15 is 0 Å². The molecular formula is C15H11NO2. The number of carbonyl (C=O) groups is 1. The number of para-hydroxylation sites is 2. The molecule has 18 heavy (non-hydrogen) atoms. The van der Waals surface area contributed by atoms with Gasteiger partial charge in [0.2, 0.25) is 0 Å². The summed E-state index contributed by atoms with van der Waals surface area (Å²) >= 11 is 0. The summed E-state index contributed by atoms with van der Waals surface area (Å²) in [5, 5.41) is 1.71. The second kappa shape index (κ2) is 4.11. The fraction of sp³-hybridized carbons (Fsp3) is 0.0667. The van der Waals surface area contributed by atoms with E-state index in [4.69, 9.17) is 4.74 Å². The zero-order valence-corrected chi connectivity index (χ0v) is 9.88. The van der Waals surface area contributed by atoms with Crippen LogP contribution < -0.4 is 4.74 Å². The Labute approximate surface area is 104 Å². The molecule has 0 aliphatic carbocycles. The zero-order chi connectivity index (χ0) is 12.5. The molecule has 2 aromatic carbocycles. The van der Waals surface area contributed by atoms with Gasteiger partial charge in [-0.3, -0.25) is 4.79 Å². The Kier molecular flexibility index (Phi) is 2.45. The van der Waals surface area contributed by atoms with Crippen molar-refractivity contribution in [3.05, 3.63) is 48.5 Å². The summed E-state index contributed by atoms with van der Waals surface area (Å²) in [6.45, 7) is 1.41. The molecule has 0 spiro atoms. The standard InChI is InChI=1S/C15H11NO2/c1-10(17)18-15-11-6-2-4-8-13(11)16-14-9-5-3-7-12(14)15/h2-9H,1H3. The molecule has 3 aromatic rings. The van der Waals surface area contributed by atoms with Gasteiger partial charge in [-0.1, -0.05) is 24.3 Å². The Morgan fingerprint density at radius 3 is 1.94 bits per heavy atom. The highest BCUT2D eigenvalue weighted by molar-refractivity contribution is 6.02. The molecule has 0 radical (unpaired) electrons.